The first kappa shape index (κ1) is 13.4. The van der Waals surface area contributed by atoms with Crippen LogP contribution in [0.3, 0.4) is 0 Å². The van der Waals surface area contributed by atoms with E-state index < -0.39 is 4.92 Å². The van der Waals surface area contributed by atoms with Gasteiger partial charge in [-0.3, -0.25) is 10.1 Å². The van der Waals surface area contributed by atoms with Crippen molar-refractivity contribution in [2.24, 2.45) is 0 Å². The van der Waals surface area contributed by atoms with Gasteiger partial charge in [-0.15, -0.1) is 0 Å². The van der Waals surface area contributed by atoms with Gasteiger partial charge in [-0.1, -0.05) is 12.1 Å². The fourth-order valence-electron chi connectivity index (χ4n) is 1.49. The Balaban J connectivity index is 2.15. The summed E-state index contributed by atoms with van der Waals surface area (Å²) < 4.78 is 13.3. The molecule has 0 unspecified atom stereocenters. The standard InChI is InChI=1S/C12H9BrFN3O2/c13-9-5-11(17(18)19)12(16-7-9)15-6-8-1-3-10(14)4-2-8/h1-5,7H,6H2,(H,15,16). The normalized spacial score (nSPS) is 10.2. The van der Waals surface area contributed by atoms with Gasteiger partial charge in [0.05, 0.1) is 4.92 Å². The molecule has 0 bridgehead atoms. The highest BCUT2D eigenvalue weighted by Gasteiger charge is 2.15. The number of anilines is 1. The summed E-state index contributed by atoms with van der Waals surface area (Å²) in [5, 5.41) is 13.7. The van der Waals surface area contributed by atoms with Crippen molar-refractivity contribution in [3.8, 4) is 0 Å². The molecule has 1 N–H and O–H groups in total. The SMILES string of the molecule is O=[N+]([O-])c1cc(Br)cnc1NCc1ccc(F)cc1. The van der Waals surface area contributed by atoms with Crippen LogP contribution in [0.2, 0.25) is 0 Å². The van der Waals surface area contributed by atoms with Crippen molar-refractivity contribution in [1.29, 1.82) is 0 Å². The quantitative estimate of drug-likeness (QED) is 0.690. The molecule has 0 atom stereocenters. The number of nitrogens with zero attached hydrogens (tertiary/aromatic N) is 2. The lowest BCUT2D eigenvalue weighted by Crippen LogP contribution is -2.04. The summed E-state index contributed by atoms with van der Waals surface area (Å²) in [4.78, 5) is 14.3. The molecule has 1 aromatic carbocycles. The minimum absolute atomic E-state index is 0.114. The summed E-state index contributed by atoms with van der Waals surface area (Å²) >= 11 is 3.13. The van der Waals surface area contributed by atoms with Crippen LogP contribution in [0.25, 0.3) is 0 Å². The van der Waals surface area contributed by atoms with Crippen LogP contribution >= 0.6 is 15.9 Å². The topological polar surface area (TPSA) is 68.1 Å². The molecule has 0 aliphatic carbocycles. The number of benzene rings is 1. The first-order valence-electron chi connectivity index (χ1n) is 5.34. The highest BCUT2D eigenvalue weighted by molar-refractivity contribution is 9.10. The van der Waals surface area contributed by atoms with E-state index in [0.717, 1.165) is 5.56 Å². The van der Waals surface area contributed by atoms with Gasteiger partial charge in [0.1, 0.15) is 5.82 Å². The van der Waals surface area contributed by atoms with Crippen molar-refractivity contribution < 1.29 is 9.31 Å². The zero-order valence-corrected chi connectivity index (χ0v) is 11.2. The summed E-state index contributed by atoms with van der Waals surface area (Å²) in [6.07, 6.45) is 1.47. The lowest BCUT2D eigenvalue weighted by Gasteiger charge is -2.06. The van der Waals surface area contributed by atoms with Gasteiger partial charge in [0.15, 0.2) is 0 Å². The van der Waals surface area contributed by atoms with E-state index in [1.165, 1.54) is 24.4 Å². The molecule has 0 fully saturated rings. The first-order valence-corrected chi connectivity index (χ1v) is 6.14. The highest BCUT2D eigenvalue weighted by atomic mass is 79.9. The van der Waals surface area contributed by atoms with E-state index in [1.54, 1.807) is 12.1 Å². The van der Waals surface area contributed by atoms with E-state index >= 15 is 0 Å². The predicted molar refractivity (Wildman–Crippen MR) is 72.3 cm³/mol. The summed E-state index contributed by atoms with van der Waals surface area (Å²) in [6.45, 7) is 0.329. The zero-order chi connectivity index (χ0) is 13.8. The third kappa shape index (κ3) is 3.47. The molecule has 0 amide bonds. The summed E-state index contributed by atoms with van der Waals surface area (Å²) in [7, 11) is 0. The van der Waals surface area contributed by atoms with Gasteiger partial charge in [0.25, 0.3) is 0 Å². The number of hydrogen-bond donors (Lipinski definition) is 1. The van der Waals surface area contributed by atoms with Crippen LogP contribution < -0.4 is 5.32 Å². The average Bonchev–Trinajstić information content (AvgIpc) is 2.39. The van der Waals surface area contributed by atoms with E-state index in [4.69, 9.17) is 0 Å². The van der Waals surface area contributed by atoms with Crippen molar-refractivity contribution in [3.05, 3.63) is 62.5 Å². The third-order valence-corrected chi connectivity index (χ3v) is 2.84. The first-order chi connectivity index (χ1) is 9.06. The van der Waals surface area contributed by atoms with Crippen LogP contribution in [-0.2, 0) is 6.54 Å². The van der Waals surface area contributed by atoms with Crippen molar-refractivity contribution in [3.63, 3.8) is 0 Å². The maximum Gasteiger partial charge on any atom is 0.312 e. The van der Waals surface area contributed by atoms with Crippen LogP contribution in [0.4, 0.5) is 15.9 Å². The Hall–Kier alpha value is -2.02. The van der Waals surface area contributed by atoms with Crippen LogP contribution in [0.1, 0.15) is 5.56 Å². The molecule has 0 spiro atoms. The molecule has 1 aromatic heterocycles. The predicted octanol–water partition coefficient (Wildman–Crippen LogP) is 3.50. The van der Waals surface area contributed by atoms with Crippen molar-refractivity contribution >= 4 is 27.4 Å². The molecule has 0 radical (unpaired) electrons. The van der Waals surface area contributed by atoms with Gasteiger partial charge in [-0.25, -0.2) is 9.37 Å². The average molecular weight is 326 g/mol. The van der Waals surface area contributed by atoms with Gasteiger partial charge in [-0.2, -0.15) is 0 Å². The molecule has 0 aliphatic rings. The fraction of sp³-hybridized carbons (Fsp3) is 0.0833. The molecule has 1 heterocycles. The molecule has 98 valence electrons. The molecule has 2 aromatic rings. The zero-order valence-electron chi connectivity index (χ0n) is 9.64. The van der Waals surface area contributed by atoms with E-state index in [9.17, 15) is 14.5 Å². The number of pyridine rings is 1. The van der Waals surface area contributed by atoms with Crippen LogP contribution in [0.5, 0.6) is 0 Å². The summed E-state index contributed by atoms with van der Waals surface area (Å²) in [6, 6.07) is 7.25. The summed E-state index contributed by atoms with van der Waals surface area (Å²) in [5.41, 5.74) is 0.692. The molecule has 19 heavy (non-hydrogen) atoms. The van der Waals surface area contributed by atoms with Gasteiger partial charge in [0, 0.05) is 23.3 Å². The molecule has 0 saturated carbocycles. The molecule has 0 saturated heterocycles. The number of nitrogens with one attached hydrogen (secondary N) is 1. The molecule has 2 rings (SSSR count). The lowest BCUT2D eigenvalue weighted by atomic mass is 10.2. The lowest BCUT2D eigenvalue weighted by molar-refractivity contribution is -0.384. The van der Waals surface area contributed by atoms with E-state index in [1.807, 2.05) is 0 Å². The number of aromatic nitrogens is 1. The number of rotatable bonds is 4. The molecule has 7 heteroatoms. The Morgan fingerprint density at radius 2 is 2.05 bits per heavy atom. The largest absolute Gasteiger partial charge is 0.360 e. The molecular formula is C12H9BrFN3O2. The summed E-state index contributed by atoms with van der Waals surface area (Å²) in [5.74, 6) is -0.144. The smallest absolute Gasteiger partial charge is 0.312 e. The Morgan fingerprint density at radius 3 is 2.68 bits per heavy atom. The maximum absolute atomic E-state index is 12.7. The van der Waals surface area contributed by atoms with Gasteiger partial charge >= 0.3 is 5.69 Å². The minimum atomic E-state index is -0.509. The minimum Gasteiger partial charge on any atom is -0.360 e. The Morgan fingerprint density at radius 1 is 1.37 bits per heavy atom. The second-order valence-corrected chi connectivity index (χ2v) is 4.67. The van der Waals surface area contributed by atoms with Gasteiger partial charge < -0.3 is 5.32 Å². The second kappa shape index (κ2) is 5.75. The fourth-order valence-corrected chi connectivity index (χ4v) is 1.81. The van der Waals surface area contributed by atoms with Crippen molar-refractivity contribution in [2.75, 3.05) is 5.32 Å². The Kier molecular flexibility index (Phi) is 4.06. The third-order valence-electron chi connectivity index (χ3n) is 2.40. The highest BCUT2D eigenvalue weighted by Crippen LogP contribution is 2.25. The van der Waals surface area contributed by atoms with Gasteiger partial charge in [-0.05, 0) is 33.6 Å². The monoisotopic (exact) mass is 325 g/mol. The van der Waals surface area contributed by atoms with Gasteiger partial charge in [0.2, 0.25) is 5.82 Å². The maximum atomic E-state index is 12.7. The van der Waals surface area contributed by atoms with E-state index in [-0.39, 0.29) is 17.3 Å². The number of halogens is 2. The van der Waals surface area contributed by atoms with Crippen molar-refractivity contribution in [2.45, 2.75) is 6.54 Å². The van der Waals surface area contributed by atoms with Crippen LogP contribution in [-0.4, -0.2) is 9.91 Å². The Bertz CT molecular complexity index is 604. The molecular weight excluding hydrogens is 317 g/mol. The second-order valence-electron chi connectivity index (χ2n) is 3.76. The number of nitro groups is 1. The van der Waals surface area contributed by atoms with E-state index in [2.05, 4.69) is 26.2 Å². The van der Waals surface area contributed by atoms with Crippen molar-refractivity contribution in [1.82, 2.24) is 4.98 Å². The Labute approximate surface area is 116 Å². The van der Waals surface area contributed by atoms with Crippen LogP contribution in [0, 0.1) is 15.9 Å². The van der Waals surface area contributed by atoms with E-state index in [0.29, 0.717) is 11.0 Å². The number of hydrogen-bond acceptors (Lipinski definition) is 4. The van der Waals surface area contributed by atoms with Crippen LogP contribution in [0.15, 0.2) is 41.0 Å². The molecule has 0 aliphatic heterocycles. The molecule has 5 nitrogen and oxygen atoms in total.